The molecular weight excluding hydrogens is 265 g/mol. The fourth-order valence-electron chi connectivity index (χ4n) is 1.95. The van der Waals surface area contributed by atoms with E-state index in [0.29, 0.717) is 6.54 Å². The number of nitrogens with one attached hydrogen (secondary N) is 1. The summed E-state index contributed by atoms with van der Waals surface area (Å²) in [5.74, 6) is -9.41. The normalized spacial score (nSPS) is 13.1. The highest BCUT2D eigenvalue weighted by Gasteiger charge is 2.30. The van der Waals surface area contributed by atoms with Gasteiger partial charge in [-0.1, -0.05) is 20.8 Å². The molecule has 0 amide bonds. The van der Waals surface area contributed by atoms with E-state index in [-0.39, 0.29) is 12.3 Å². The van der Waals surface area contributed by atoms with Crippen LogP contribution in [-0.4, -0.2) is 6.54 Å². The highest BCUT2D eigenvalue weighted by atomic mass is 19.2. The predicted octanol–water partition coefficient (Wildman–Crippen LogP) is 4.08. The zero-order valence-electron chi connectivity index (χ0n) is 11.0. The molecular formula is C13H16F5N. The van der Waals surface area contributed by atoms with Crippen LogP contribution in [0.4, 0.5) is 22.0 Å². The van der Waals surface area contributed by atoms with Crippen LogP contribution in [0.15, 0.2) is 0 Å². The highest BCUT2D eigenvalue weighted by Crippen LogP contribution is 2.30. The Morgan fingerprint density at radius 2 is 1.26 bits per heavy atom. The van der Waals surface area contributed by atoms with Crippen LogP contribution in [0.5, 0.6) is 0 Å². The minimum Gasteiger partial charge on any atom is -0.310 e. The number of rotatable bonds is 5. The van der Waals surface area contributed by atoms with Crippen LogP contribution in [0.1, 0.15) is 38.8 Å². The van der Waals surface area contributed by atoms with Gasteiger partial charge in [0.25, 0.3) is 0 Å². The van der Waals surface area contributed by atoms with Gasteiger partial charge in [0.15, 0.2) is 23.3 Å². The molecule has 1 N–H and O–H groups in total. The molecule has 19 heavy (non-hydrogen) atoms. The third kappa shape index (κ3) is 3.23. The van der Waals surface area contributed by atoms with E-state index in [9.17, 15) is 22.0 Å². The second-order valence-electron chi connectivity index (χ2n) is 4.72. The first-order chi connectivity index (χ1) is 8.81. The number of benzene rings is 1. The molecule has 1 rings (SSSR count). The van der Waals surface area contributed by atoms with Gasteiger partial charge >= 0.3 is 0 Å². The number of hydrogen-bond donors (Lipinski definition) is 1. The largest absolute Gasteiger partial charge is 0.310 e. The molecule has 1 atom stereocenters. The van der Waals surface area contributed by atoms with Crippen LogP contribution in [-0.2, 0) is 0 Å². The SMILES string of the molecule is CCNC(CC(C)C)c1c(F)c(F)c(F)c(F)c1F. The number of hydrogen-bond acceptors (Lipinski definition) is 1. The Labute approximate surface area is 108 Å². The summed E-state index contributed by atoms with van der Waals surface area (Å²) in [6, 6.07) is -0.908. The Morgan fingerprint density at radius 1 is 0.842 bits per heavy atom. The second kappa shape index (κ2) is 6.32. The van der Waals surface area contributed by atoms with E-state index < -0.39 is 40.7 Å². The molecule has 108 valence electrons. The van der Waals surface area contributed by atoms with E-state index in [0.717, 1.165) is 0 Å². The molecule has 0 fully saturated rings. The lowest BCUT2D eigenvalue weighted by Gasteiger charge is -2.22. The highest BCUT2D eigenvalue weighted by molar-refractivity contribution is 5.27. The first-order valence-electron chi connectivity index (χ1n) is 6.05. The van der Waals surface area contributed by atoms with Gasteiger partial charge in [0.1, 0.15) is 0 Å². The minimum atomic E-state index is -2.13. The van der Waals surface area contributed by atoms with E-state index in [1.54, 1.807) is 20.8 Å². The molecule has 6 heteroatoms. The predicted molar refractivity (Wildman–Crippen MR) is 62.1 cm³/mol. The van der Waals surface area contributed by atoms with Crippen molar-refractivity contribution >= 4 is 0 Å². The van der Waals surface area contributed by atoms with Crippen molar-refractivity contribution in [3.8, 4) is 0 Å². The molecule has 0 saturated heterocycles. The molecule has 0 aliphatic carbocycles. The third-order valence-corrected chi connectivity index (χ3v) is 2.75. The topological polar surface area (TPSA) is 12.0 Å². The fraction of sp³-hybridized carbons (Fsp3) is 0.538. The van der Waals surface area contributed by atoms with Crippen molar-refractivity contribution in [2.45, 2.75) is 33.2 Å². The standard InChI is InChI=1S/C13H16F5N/c1-4-19-7(5-6(2)3)8-9(14)11(16)13(18)12(17)10(8)15/h6-7,19H,4-5H2,1-3H3. The zero-order chi connectivity index (χ0) is 14.7. The Balaban J connectivity index is 3.37. The van der Waals surface area contributed by atoms with E-state index in [2.05, 4.69) is 5.32 Å². The van der Waals surface area contributed by atoms with Crippen LogP contribution >= 0.6 is 0 Å². The number of halogens is 5. The molecule has 0 saturated carbocycles. The van der Waals surface area contributed by atoms with Crippen molar-refractivity contribution in [3.05, 3.63) is 34.6 Å². The summed E-state index contributed by atoms with van der Waals surface area (Å²) in [6.45, 7) is 5.66. The lowest BCUT2D eigenvalue weighted by Crippen LogP contribution is -2.26. The van der Waals surface area contributed by atoms with Crippen LogP contribution in [0.2, 0.25) is 0 Å². The van der Waals surface area contributed by atoms with E-state index in [4.69, 9.17) is 0 Å². The van der Waals surface area contributed by atoms with E-state index in [1.165, 1.54) is 0 Å². The lowest BCUT2D eigenvalue weighted by molar-refractivity contribution is 0.343. The molecule has 1 nitrogen and oxygen atoms in total. The van der Waals surface area contributed by atoms with Crippen LogP contribution < -0.4 is 5.32 Å². The molecule has 1 aromatic carbocycles. The molecule has 1 aromatic rings. The van der Waals surface area contributed by atoms with Gasteiger partial charge in [-0.15, -0.1) is 0 Å². The van der Waals surface area contributed by atoms with Crippen LogP contribution in [0, 0.1) is 35.0 Å². The molecule has 1 unspecified atom stereocenters. The Bertz CT molecular complexity index is 430. The van der Waals surface area contributed by atoms with E-state index in [1.807, 2.05) is 0 Å². The van der Waals surface area contributed by atoms with Crippen molar-refractivity contribution in [2.75, 3.05) is 6.54 Å². The van der Waals surface area contributed by atoms with Crippen molar-refractivity contribution in [3.63, 3.8) is 0 Å². The summed E-state index contributed by atoms with van der Waals surface area (Å²) in [6.07, 6.45) is 0.270. The Kier molecular flexibility index (Phi) is 5.29. The van der Waals surface area contributed by atoms with Gasteiger partial charge in [-0.05, 0) is 18.9 Å². The van der Waals surface area contributed by atoms with Gasteiger partial charge in [0.2, 0.25) is 5.82 Å². The molecule has 0 aliphatic heterocycles. The molecule has 0 radical (unpaired) electrons. The summed E-state index contributed by atoms with van der Waals surface area (Å²) in [5, 5.41) is 2.75. The third-order valence-electron chi connectivity index (χ3n) is 2.75. The van der Waals surface area contributed by atoms with Gasteiger partial charge in [-0.2, -0.15) is 0 Å². The average Bonchev–Trinajstić information content (AvgIpc) is 2.34. The first kappa shape index (κ1) is 15.9. The quantitative estimate of drug-likeness (QED) is 0.487. The maximum atomic E-state index is 13.7. The molecule has 0 heterocycles. The average molecular weight is 281 g/mol. The summed E-state index contributed by atoms with van der Waals surface area (Å²) in [5.41, 5.74) is -0.785. The monoisotopic (exact) mass is 281 g/mol. The minimum absolute atomic E-state index is 0.0408. The van der Waals surface area contributed by atoms with Crippen molar-refractivity contribution in [2.24, 2.45) is 5.92 Å². The lowest BCUT2D eigenvalue weighted by atomic mass is 9.95. The molecule has 0 bridgehead atoms. The summed E-state index contributed by atoms with van der Waals surface area (Å²) in [7, 11) is 0. The molecule has 0 aliphatic rings. The Morgan fingerprint density at radius 3 is 1.63 bits per heavy atom. The van der Waals surface area contributed by atoms with Gasteiger partial charge in [-0.25, -0.2) is 22.0 Å². The first-order valence-corrected chi connectivity index (χ1v) is 6.05. The van der Waals surface area contributed by atoms with E-state index >= 15 is 0 Å². The van der Waals surface area contributed by atoms with Gasteiger partial charge in [0, 0.05) is 11.6 Å². The maximum Gasteiger partial charge on any atom is 0.200 e. The van der Waals surface area contributed by atoms with Gasteiger partial charge in [-0.3, -0.25) is 0 Å². The summed E-state index contributed by atoms with van der Waals surface area (Å²) >= 11 is 0. The zero-order valence-corrected chi connectivity index (χ0v) is 11.0. The Hall–Kier alpha value is -1.17. The molecule has 0 aromatic heterocycles. The van der Waals surface area contributed by atoms with Crippen LogP contribution in [0.25, 0.3) is 0 Å². The van der Waals surface area contributed by atoms with Crippen molar-refractivity contribution < 1.29 is 22.0 Å². The van der Waals surface area contributed by atoms with Gasteiger partial charge < -0.3 is 5.32 Å². The second-order valence-corrected chi connectivity index (χ2v) is 4.72. The summed E-state index contributed by atoms with van der Waals surface area (Å²) in [4.78, 5) is 0. The smallest absolute Gasteiger partial charge is 0.200 e. The van der Waals surface area contributed by atoms with Crippen molar-refractivity contribution in [1.82, 2.24) is 5.32 Å². The molecule has 0 spiro atoms. The van der Waals surface area contributed by atoms with Crippen LogP contribution in [0.3, 0.4) is 0 Å². The summed E-state index contributed by atoms with van der Waals surface area (Å²) < 4.78 is 66.6. The fourth-order valence-corrected chi connectivity index (χ4v) is 1.95. The van der Waals surface area contributed by atoms with Gasteiger partial charge in [0.05, 0.1) is 0 Å². The van der Waals surface area contributed by atoms with Crippen molar-refractivity contribution in [1.29, 1.82) is 0 Å². The maximum absolute atomic E-state index is 13.7.